The zero-order valence-electron chi connectivity index (χ0n) is 18.8. The molecule has 0 bridgehead atoms. The van der Waals surface area contributed by atoms with Crippen molar-refractivity contribution in [1.29, 1.82) is 0 Å². The van der Waals surface area contributed by atoms with Gasteiger partial charge >= 0.3 is 5.97 Å². The SMILES string of the molecule is O=C1CC(CCC2=CCCCC2)(C2CCCC2)OC(=O)C1Sc1n[nH]c(-c2ccncc2)n1. The Morgan fingerprint density at radius 1 is 1.12 bits per heavy atom. The molecule has 0 aromatic carbocycles. The zero-order valence-corrected chi connectivity index (χ0v) is 19.6. The van der Waals surface area contributed by atoms with E-state index in [2.05, 4.69) is 26.2 Å². The number of ketones is 1. The van der Waals surface area contributed by atoms with Crippen molar-refractivity contribution in [2.45, 2.75) is 86.6 Å². The van der Waals surface area contributed by atoms with E-state index in [0.29, 0.717) is 17.4 Å². The largest absolute Gasteiger partial charge is 0.457 e. The normalized spacial score (nSPS) is 26.3. The van der Waals surface area contributed by atoms with Crippen LogP contribution in [-0.2, 0) is 14.3 Å². The summed E-state index contributed by atoms with van der Waals surface area (Å²) in [5.74, 6) is 0.368. The van der Waals surface area contributed by atoms with Crippen LogP contribution in [0.25, 0.3) is 11.4 Å². The fourth-order valence-corrected chi connectivity index (χ4v) is 6.31. The number of carbonyl (C=O) groups excluding carboxylic acids is 2. The molecule has 2 unspecified atom stereocenters. The quantitative estimate of drug-likeness (QED) is 0.346. The lowest BCUT2D eigenvalue weighted by Crippen LogP contribution is -2.52. The number of pyridine rings is 1. The van der Waals surface area contributed by atoms with Crippen molar-refractivity contribution < 1.29 is 14.3 Å². The zero-order chi connectivity index (χ0) is 22.7. The Morgan fingerprint density at radius 3 is 2.67 bits per heavy atom. The number of aromatic amines is 1. The van der Waals surface area contributed by atoms with Crippen LogP contribution in [0.5, 0.6) is 0 Å². The first-order valence-electron chi connectivity index (χ1n) is 12.1. The smallest absolute Gasteiger partial charge is 0.327 e. The van der Waals surface area contributed by atoms with Gasteiger partial charge in [0.25, 0.3) is 0 Å². The minimum Gasteiger partial charge on any atom is -0.457 e. The Balaban J connectivity index is 1.30. The van der Waals surface area contributed by atoms with E-state index < -0.39 is 16.8 Å². The fraction of sp³-hybridized carbons (Fsp3) is 0.560. The standard InChI is InChI=1S/C25H30N4O3S/c30-20-16-25(19-8-4-5-9-19,13-10-17-6-2-1-3-7-17)32-23(31)21(20)33-24-27-22(28-29-24)18-11-14-26-15-12-18/h6,11-12,14-15,19,21H,1-5,7-10,13,16H2,(H,27,28,29). The van der Waals surface area contributed by atoms with Crippen molar-refractivity contribution in [1.82, 2.24) is 20.2 Å². The molecule has 2 aromatic heterocycles. The summed E-state index contributed by atoms with van der Waals surface area (Å²) in [4.78, 5) is 34.9. The van der Waals surface area contributed by atoms with Gasteiger partial charge in [-0.1, -0.05) is 36.3 Å². The van der Waals surface area contributed by atoms with E-state index >= 15 is 0 Å². The third kappa shape index (κ3) is 4.90. The fourth-order valence-electron chi connectivity index (χ4n) is 5.49. The van der Waals surface area contributed by atoms with E-state index in [1.54, 1.807) is 12.4 Å². The number of nitrogens with zero attached hydrogens (tertiary/aromatic N) is 3. The van der Waals surface area contributed by atoms with Crippen LogP contribution in [0, 0.1) is 5.92 Å². The highest BCUT2D eigenvalue weighted by Crippen LogP contribution is 2.46. The molecule has 2 atom stereocenters. The van der Waals surface area contributed by atoms with Crippen molar-refractivity contribution in [3.05, 3.63) is 36.2 Å². The van der Waals surface area contributed by atoms with E-state index in [1.165, 1.54) is 18.4 Å². The topological polar surface area (TPSA) is 97.8 Å². The molecule has 2 aliphatic carbocycles. The number of rotatable bonds is 7. The third-order valence-corrected chi connectivity index (χ3v) is 8.36. The van der Waals surface area contributed by atoms with Gasteiger partial charge in [0.15, 0.2) is 16.9 Å². The molecular weight excluding hydrogens is 436 g/mol. The molecule has 7 nitrogen and oxygen atoms in total. The summed E-state index contributed by atoms with van der Waals surface area (Å²) in [7, 11) is 0. The highest BCUT2D eigenvalue weighted by atomic mass is 32.2. The molecule has 0 radical (unpaired) electrons. The van der Waals surface area contributed by atoms with E-state index in [4.69, 9.17) is 4.74 Å². The first kappa shape index (κ1) is 22.3. The molecule has 3 aliphatic rings. The predicted molar refractivity (Wildman–Crippen MR) is 125 cm³/mol. The highest BCUT2D eigenvalue weighted by molar-refractivity contribution is 8.01. The Labute approximate surface area is 198 Å². The second kappa shape index (κ2) is 9.79. The van der Waals surface area contributed by atoms with Gasteiger partial charge in [-0.2, -0.15) is 0 Å². The number of nitrogens with one attached hydrogen (secondary N) is 1. The number of cyclic esters (lactones) is 1. The van der Waals surface area contributed by atoms with Crippen LogP contribution in [0.4, 0.5) is 0 Å². The van der Waals surface area contributed by atoms with Gasteiger partial charge in [-0.15, -0.1) is 5.10 Å². The number of esters is 1. The lowest BCUT2D eigenvalue weighted by Gasteiger charge is -2.43. The molecule has 174 valence electrons. The number of allylic oxidation sites excluding steroid dienone is 2. The van der Waals surface area contributed by atoms with Gasteiger partial charge in [0.1, 0.15) is 5.60 Å². The van der Waals surface area contributed by atoms with Gasteiger partial charge in [0.05, 0.1) is 0 Å². The Hall–Kier alpha value is -2.48. The number of hydrogen-bond donors (Lipinski definition) is 1. The summed E-state index contributed by atoms with van der Waals surface area (Å²) in [6.07, 6.45) is 16.8. The molecule has 1 saturated heterocycles. The minimum absolute atomic E-state index is 0.0592. The van der Waals surface area contributed by atoms with Crippen molar-refractivity contribution in [3.63, 3.8) is 0 Å². The van der Waals surface area contributed by atoms with Gasteiger partial charge in [-0.3, -0.25) is 19.7 Å². The van der Waals surface area contributed by atoms with E-state index in [9.17, 15) is 9.59 Å². The number of aromatic nitrogens is 4. The van der Waals surface area contributed by atoms with E-state index in [-0.39, 0.29) is 11.7 Å². The first-order chi connectivity index (χ1) is 16.1. The van der Waals surface area contributed by atoms with Crippen molar-refractivity contribution >= 4 is 23.5 Å². The van der Waals surface area contributed by atoms with Crippen LogP contribution >= 0.6 is 11.8 Å². The maximum absolute atomic E-state index is 13.3. The minimum atomic E-state index is -0.908. The summed E-state index contributed by atoms with van der Waals surface area (Å²) < 4.78 is 6.21. The van der Waals surface area contributed by atoms with Gasteiger partial charge in [-0.05, 0) is 69.4 Å². The lowest BCUT2D eigenvalue weighted by molar-refractivity contribution is -0.177. The van der Waals surface area contributed by atoms with Crippen LogP contribution in [0.15, 0.2) is 41.3 Å². The molecule has 1 aliphatic heterocycles. The number of hydrogen-bond acceptors (Lipinski definition) is 7. The Kier molecular flexibility index (Phi) is 6.62. The number of carbonyl (C=O) groups is 2. The lowest BCUT2D eigenvalue weighted by atomic mass is 9.75. The molecular formula is C25H30N4O3S. The van der Waals surface area contributed by atoms with Crippen LogP contribution < -0.4 is 0 Å². The van der Waals surface area contributed by atoms with Crippen LogP contribution in [-0.4, -0.2) is 42.8 Å². The van der Waals surface area contributed by atoms with Crippen LogP contribution in [0.1, 0.15) is 70.6 Å². The summed E-state index contributed by atoms with van der Waals surface area (Å²) in [5, 5.41) is 6.55. The molecule has 33 heavy (non-hydrogen) atoms. The second-order valence-corrected chi connectivity index (χ2v) is 10.5. The molecule has 1 saturated carbocycles. The van der Waals surface area contributed by atoms with Gasteiger partial charge in [0, 0.05) is 24.4 Å². The number of thioether (sulfide) groups is 1. The van der Waals surface area contributed by atoms with E-state index in [1.807, 2.05) is 12.1 Å². The predicted octanol–water partition coefficient (Wildman–Crippen LogP) is 5.05. The van der Waals surface area contributed by atoms with Gasteiger partial charge in [0.2, 0.25) is 5.16 Å². The number of H-pyrrole nitrogens is 1. The first-order valence-corrected chi connectivity index (χ1v) is 12.9. The van der Waals surface area contributed by atoms with Crippen molar-refractivity contribution in [3.8, 4) is 11.4 Å². The second-order valence-electron chi connectivity index (χ2n) is 9.42. The summed E-state index contributed by atoms with van der Waals surface area (Å²) in [5.41, 5.74) is 1.66. The number of Topliss-reactive ketones (excluding diaryl/α,β-unsaturated/α-hetero) is 1. The van der Waals surface area contributed by atoms with Crippen LogP contribution in [0.2, 0.25) is 0 Å². The average molecular weight is 467 g/mol. The summed E-state index contributed by atoms with van der Waals surface area (Å²) in [6, 6.07) is 3.65. The number of ether oxygens (including phenoxy) is 1. The summed E-state index contributed by atoms with van der Waals surface area (Å²) in [6.45, 7) is 0. The maximum atomic E-state index is 13.3. The molecule has 2 fully saturated rings. The average Bonchev–Trinajstić information content (AvgIpc) is 3.54. The molecule has 3 heterocycles. The highest BCUT2D eigenvalue weighted by Gasteiger charge is 2.52. The van der Waals surface area contributed by atoms with E-state index in [0.717, 1.165) is 68.7 Å². The monoisotopic (exact) mass is 466 g/mol. The molecule has 2 aromatic rings. The molecule has 0 spiro atoms. The summed E-state index contributed by atoms with van der Waals surface area (Å²) >= 11 is 1.08. The molecule has 0 amide bonds. The van der Waals surface area contributed by atoms with Gasteiger partial charge in [-0.25, -0.2) is 4.98 Å². The molecule has 8 heteroatoms. The van der Waals surface area contributed by atoms with Crippen molar-refractivity contribution in [2.75, 3.05) is 0 Å². The maximum Gasteiger partial charge on any atom is 0.327 e. The van der Waals surface area contributed by atoms with Crippen molar-refractivity contribution in [2.24, 2.45) is 5.92 Å². The van der Waals surface area contributed by atoms with Gasteiger partial charge < -0.3 is 4.74 Å². The molecule has 1 N–H and O–H groups in total. The third-order valence-electron chi connectivity index (χ3n) is 7.28. The Morgan fingerprint density at radius 2 is 1.94 bits per heavy atom. The molecule has 5 rings (SSSR count). The van der Waals surface area contributed by atoms with Crippen LogP contribution in [0.3, 0.4) is 0 Å². The Bertz CT molecular complexity index is 1010.